The van der Waals surface area contributed by atoms with E-state index in [4.69, 9.17) is 10.5 Å². The molecule has 1 atom stereocenters. The Labute approximate surface area is 108 Å². The Morgan fingerprint density at radius 3 is 2.94 bits per heavy atom. The monoisotopic (exact) mass is 248 g/mol. The lowest BCUT2D eigenvalue weighted by Crippen LogP contribution is -2.24. The van der Waals surface area contributed by atoms with Crippen LogP contribution in [0.4, 0.5) is 5.69 Å². The number of nitrogens with two attached hydrogens (primary N) is 1. The van der Waals surface area contributed by atoms with Crippen molar-refractivity contribution in [2.45, 2.75) is 38.7 Å². The molecule has 0 aromatic heterocycles. The van der Waals surface area contributed by atoms with Crippen molar-refractivity contribution in [3.8, 4) is 5.75 Å². The molecule has 3 N–H and O–H groups in total. The first-order chi connectivity index (χ1) is 8.60. The second-order valence-corrected chi connectivity index (χ2v) is 4.94. The average molecular weight is 248 g/mol. The molecule has 0 bridgehead atoms. The van der Waals surface area contributed by atoms with Crippen molar-refractivity contribution >= 4 is 11.6 Å². The summed E-state index contributed by atoms with van der Waals surface area (Å²) in [6.45, 7) is 4.59. The minimum absolute atomic E-state index is 0.0680. The molecule has 18 heavy (non-hydrogen) atoms. The first-order valence-electron chi connectivity index (χ1n) is 6.40. The predicted octanol–water partition coefficient (Wildman–Crippen LogP) is 2.25. The molecule has 2 rings (SSSR count). The molecule has 1 amide bonds. The SMILES string of the molecule is CC(C)Oc1ccc2c(c1)C(CCN)CC(=O)N2. The number of amides is 1. The highest BCUT2D eigenvalue weighted by atomic mass is 16.5. The number of carbonyl (C=O) groups is 1. The molecule has 0 saturated carbocycles. The largest absolute Gasteiger partial charge is 0.491 e. The molecular weight excluding hydrogens is 228 g/mol. The number of hydrogen-bond donors (Lipinski definition) is 2. The fourth-order valence-corrected chi connectivity index (χ4v) is 2.33. The molecule has 1 aromatic carbocycles. The first kappa shape index (κ1) is 12.9. The Hall–Kier alpha value is -1.55. The zero-order valence-corrected chi connectivity index (χ0v) is 10.9. The highest BCUT2D eigenvalue weighted by Gasteiger charge is 2.24. The molecular formula is C14H20N2O2. The van der Waals surface area contributed by atoms with Crippen LogP contribution in [-0.2, 0) is 4.79 Å². The summed E-state index contributed by atoms with van der Waals surface area (Å²) in [7, 11) is 0. The molecule has 0 radical (unpaired) electrons. The Bertz CT molecular complexity index is 443. The van der Waals surface area contributed by atoms with Gasteiger partial charge in [-0.3, -0.25) is 4.79 Å². The van der Waals surface area contributed by atoms with Gasteiger partial charge in [-0.05, 0) is 56.5 Å². The van der Waals surface area contributed by atoms with Gasteiger partial charge in [0.15, 0.2) is 0 Å². The van der Waals surface area contributed by atoms with Crippen molar-refractivity contribution in [1.82, 2.24) is 0 Å². The van der Waals surface area contributed by atoms with Crippen LogP contribution in [0.25, 0.3) is 0 Å². The smallest absolute Gasteiger partial charge is 0.224 e. The lowest BCUT2D eigenvalue weighted by molar-refractivity contribution is -0.116. The van der Waals surface area contributed by atoms with Crippen LogP contribution in [0.1, 0.15) is 38.2 Å². The summed E-state index contributed by atoms with van der Waals surface area (Å²) < 4.78 is 5.69. The number of ether oxygens (including phenoxy) is 1. The van der Waals surface area contributed by atoms with Crippen LogP contribution in [0, 0.1) is 0 Å². The maximum Gasteiger partial charge on any atom is 0.224 e. The highest BCUT2D eigenvalue weighted by Crippen LogP contribution is 2.36. The van der Waals surface area contributed by atoms with Crippen molar-refractivity contribution in [2.75, 3.05) is 11.9 Å². The lowest BCUT2D eigenvalue weighted by Gasteiger charge is -2.26. The Balaban J connectivity index is 2.30. The predicted molar refractivity (Wildman–Crippen MR) is 71.9 cm³/mol. The summed E-state index contributed by atoms with van der Waals surface area (Å²) in [6.07, 6.45) is 1.48. The topological polar surface area (TPSA) is 64.3 Å². The number of benzene rings is 1. The first-order valence-corrected chi connectivity index (χ1v) is 6.40. The standard InChI is InChI=1S/C14H20N2O2/c1-9(2)18-11-3-4-13-12(8-11)10(5-6-15)7-14(17)16-13/h3-4,8-10H,5-7,15H2,1-2H3,(H,16,17). The summed E-state index contributed by atoms with van der Waals surface area (Å²) in [4.78, 5) is 11.6. The van der Waals surface area contributed by atoms with Crippen molar-refractivity contribution in [3.63, 3.8) is 0 Å². The summed E-state index contributed by atoms with van der Waals surface area (Å²) in [5.74, 6) is 1.12. The van der Waals surface area contributed by atoms with Gasteiger partial charge in [0, 0.05) is 12.1 Å². The molecule has 0 aliphatic carbocycles. The molecule has 1 aliphatic rings. The van der Waals surface area contributed by atoms with Gasteiger partial charge in [0.1, 0.15) is 5.75 Å². The molecule has 0 saturated heterocycles. The third kappa shape index (κ3) is 2.82. The van der Waals surface area contributed by atoms with Gasteiger partial charge < -0.3 is 15.8 Å². The van der Waals surface area contributed by atoms with E-state index in [9.17, 15) is 4.79 Å². The number of rotatable bonds is 4. The van der Waals surface area contributed by atoms with Crippen LogP contribution < -0.4 is 15.8 Å². The summed E-state index contributed by atoms with van der Waals surface area (Å²) in [5.41, 5.74) is 7.64. The van der Waals surface area contributed by atoms with E-state index in [-0.39, 0.29) is 17.9 Å². The van der Waals surface area contributed by atoms with E-state index in [1.165, 1.54) is 0 Å². The third-order valence-corrected chi connectivity index (χ3v) is 3.06. The fraction of sp³-hybridized carbons (Fsp3) is 0.500. The van der Waals surface area contributed by atoms with Gasteiger partial charge in [-0.25, -0.2) is 0 Å². The van der Waals surface area contributed by atoms with Crippen LogP contribution in [0.3, 0.4) is 0 Å². The maximum atomic E-state index is 11.6. The quantitative estimate of drug-likeness (QED) is 0.859. The van der Waals surface area contributed by atoms with Crippen LogP contribution in [0.2, 0.25) is 0 Å². The van der Waals surface area contributed by atoms with Crippen molar-refractivity contribution < 1.29 is 9.53 Å². The molecule has 0 fully saturated rings. The molecule has 1 unspecified atom stereocenters. The molecule has 1 aromatic rings. The van der Waals surface area contributed by atoms with E-state index in [1.807, 2.05) is 32.0 Å². The van der Waals surface area contributed by atoms with Crippen molar-refractivity contribution in [1.29, 1.82) is 0 Å². The minimum atomic E-state index is 0.0680. The van der Waals surface area contributed by atoms with Gasteiger partial charge in [0.2, 0.25) is 5.91 Å². The van der Waals surface area contributed by atoms with Crippen LogP contribution >= 0.6 is 0 Å². The number of nitrogens with one attached hydrogen (secondary N) is 1. The number of hydrogen-bond acceptors (Lipinski definition) is 3. The van der Waals surface area contributed by atoms with Gasteiger partial charge >= 0.3 is 0 Å². The van der Waals surface area contributed by atoms with Crippen molar-refractivity contribution in [2.24, 2.45) is 5.73 Å². The van der Waals surface area contributed by atoms with Crippen LogP contribution in [-0.4, -0.2) is 18.6 Å². The number of anilines is 1. The molecule has 0 spiro atoms. The lowest BCUT2D eigenvalue weighted by atomic mass is 9.88. The van der Waals surface area contributed by atoms with E-state index < -0.39 is 0 Å². The van der Waals surface area contributed by atoms with Gasteiger partial charge in [-0.2, -0.15) is 0 Å². The number of carbonyl (C=O) groups excluding carboxylic acids is 1. The van der Waals surface area contributed by atoms with Gasteiger partial charge in [0.25, 0.3) is 0 Å². The molecule has 4 nitrogen and oxygen atoms in total. The van der Waals surface area contributed by atoms with E-state index in [0.717, 1.165) is 23.4 Å². The summed E-state index contributed by atoms with van der Waals surface area (Å²) >= 11 is 0. The number of fused-ring (bicyclic) bond motifs is 1. The Morgan fingerprint density at radius 1 is 1.50 bits per heavy atom. The average Bonchev–Trinajstić information content (AvgIpc) is 2.29. The fourth-order valence-electron chi connectivity index (χ4n) is 2.33. The van der Waals surface area contributed by atoms with Gasteiger partial charge in [-0.15, -0.1) is 0 Å². The molecule has 1 aliphatic heterocycles. The normalized spacial score (nSPS) is 18.4. The Kier molecular flexibility index (Phi) is 3.87. The summed E-state index contributed by atoms with van der Waals surface area (Å²) in [6, 6.07) is 5.83. The zero-order chi connectivity index (χ0) is 13.1. The highest BCUT2D eigenvalue weighted by molar-refractivity contribution is 5.94. The minimum Gasteiger partial charge on any atom is -0.491 e. The van der Waals surface area contributed by atoms with Crippen LogP contribution in [0.5, 0.6) is 5.75 Å². The van der Waals surface area contributed by atoms with E-state index in [1.54, 1.807) is 0 Å². The zero-order valence-electron chi connectivity index (χ0n) is 10.9. The maximum absolute atomic E-state index is 11.6. The second kappa shape index (κ2) is 5.40. The molecule has 1 heterocycles. The second-order valence-electron chi connectivity index (χ2n) is 4.94. The van der Waals surface area contributed by atoms with Gasteiger partial charge in [-0.1, -0.05) is 0 Å². The summed E-state index contributed by atoms with van der Waals surface area (Å²) in [5, 5.41) is 2.89. The van der Waals surface area contributed by atoms with E-state index in [2.05, 4.69) is 5.32 Å². The Morgan fingerprint density at radius 2 is 2.28 bits per heavy atom. The molecule has 98 valence electrons. The third-order valence-electron chi connectivity index (χ3n) is 3.06. The van der Waals surface area contributed by atoms with E-state index >= 15 is 0 Å². The van der Waals surface area contributed by atoms with Gasteiger partial charge in [0.05, 0.1) is 6.10 Å². The van der Waals surface area contributed by atoms with Crippen molar-refractivity contribution in [3.05, 3.63) is 23.8 Å². The van der Waals surface area contributed by atoms with E-state index in [0.29, 0.717) is 13.0 Å². The van der Waals surface area contributed by atoms with Crippen LogP contribution in [0.15, 0.2) is 18.2 Å². The molecule has 4 heteroatoms.